The molecule has 0 saturated carbocycles. The minimum absolute atomic E-state index is 0.0776. The van der Waals surface area contributed by atoms with Crippen LogP contribution >= 0.6 is 39.0 Å². The number of alkyl halides is 1. The van der Waals surface area contributed by atoms with Crippen molar-refractivity contribution in [3.63, 3.8) is 0 Å². The van der Waals surface area contributed by atoms with E-state index in [9.17, 15) is 29.4 Å². The number of aliphatic hydroxyl groups is 1. The molecule has 0 aliphatic carbocycles. The minimum Gasteiger partial charge on any atom is -0.509 e. The molecule has 3 N–H and O–H groups in total. The highest BCUT2D eigenvalue weighted by atomic mass is 79.9. The molecule has 1 aromatic heterocycles. The summed E-state index contributed by atoms with van der Waals surface area (Å²) in [6, 6.07) is 2.53. The van der Waals surface area contributed by atoms with Gasteiger partial charge in [0.15, 0.2) is 11.3 Å². The van der Waals surface area contributed by atoms with Crippen LogP contribution in [0.25, 0.3) is 0 Å². The van der Waals surface area contributed by atoms with E-state index in [0.29, 0.717) is 17.4 Å². The first-order valence-electron chi connectivity index (χ1n) is 6.86. The number of nitrogens with one attached hydrogen (secondary N) is 1. The fraction of sp³-hybridized carbons (Fsp3) is 0.286. The molecule has 0 radical (unpaired) electrons. The number of aliphatic hydroxyl groups excluding tert-OH is 1. The van der Waals surface area contributed by atoms with Crippen LogP contribution in [-0.4, -0.2) is 55.3 Å². The first-order chi connectivity index (χ1) is 11.9. The Morgan fingerprint density at radius 3 is 2.68 bits per heavy atom. The zero-order valence-electron chi connectivity index (χ0n) is 12.5. The van der Waals surface area contributed by atoms with Crippen molar-refractivity contribution in [1.29, 1.82) is 0 Å². The molecule has 0 aromatic carbocycles. The molecule has 1 aliphatic rings. The Bertz CT molecular complexity index is 721. The number of carbonyl (C=O) groups is 4. The fourth-order valence-electron chi connectivity index (χ4n) is 2.26. The number of carbonyl (C=O) groups excluding carboxylic acids is 3. The van der Waals surface area contributed by atoms with Gasteiger partial charge in [0.1, 0.15) is 17.2 Å². The number of nitrogens with zero attached hydrogens (tertiary/aromatic N) is 1. The van der Waals surface area contributed by atoms with Crippen molar-refractivity contribution in [2.24, 2.45) is 0 Å². The van der Waals surface area contributed by atoms with Crippen LogP contribution in [0.1, 0.15) is 4.88 Å². The average Bonchev–Trinajstić information content (AvgIpc) is 3.08. The van der Waals surface area contributed by atoms with Gasteiger partial charge >= 0.3 is 5.97 Å². The van der Waals surface area contributed by atoms with Crippen molar-refractivity contribution in [2.75, 3.05) is 5.33 Å². The number of hydrogen-bond donors (Lipinski definition) is 3. The number of halogens is 1. The number of allylic oxidation sites excluding steroid dienone is 1. The Hall–Kier alpha value is -1.85. The third kappa shape index (κ3) is 4.22. The van der Waals surface area contributed by atoms with E-state index in [1.165, 1.54) is 11.3 Å². The number of likely N-dealkylation sites (tertiary alicyclic amines) is 1. The van der Waals surface area contributed by atoms with E-state index in [1.807, 2.05) is 5.38 Å². The van der Waals surface area contributed by atoms with Gasteiger partial charge in [-0.2, -0.15) is 0 Å². The maximum atomic E-state index is 12.3. The number of aliphatic carboxylic acids is 1. The fourth-order valence-corrected chi connectivity index (χ4v) is 4.01. The molecule has 8 nitrogen and oxygen atoms in total. The third-order valence-corrected chi connectivity index (χ3v) is 5.59. The standard InChI is InChI=1S/C14H13BrN2O6S2/c15-5-8(19)11(14(22)23)17-12(21)10(13(17)25-6-18)16-9(20)4-7-2-1-3-24-7/h1-3,6,10,13,19H,4-5H2,(H,16,20)(H,22,23). The van der Waals surface area contributed by atoms with Crippen LogP contribution in [0.5, 0.6) is 0 Å². The molecule has 1 fully saturated rings. The van der Waals surface area contributed by atoms with Gasteiger partial charge in [-0.15, -0.1) is 11.3 Å². The molecular weight excluding hydrogens is 436 g/mol. The second kappa shape index (κ2) is 8.50. The molecule has 0 bridgehead atoms. The Kier molecular flexibility index (Phi) is 6.62. The largest absolute Gasteiger partial charge is 0.509 e. The molecule has 2 unspecified atom stereocenters. The summed E-state index contributed by atoms with van der Waals surface area (Å²) in [4.78, 5) is 48.2. The van der Waals surface area contributed by atoms with Crippen LogP contribution in [0.3, 0.4) is 0 Å². The van der Waals surface area contributed by atoms with E-state index in [0.717, 1.165) is 9.78 Å². The van der Waals surface area contributed by atoms with E-state index in [2.05, 4.69) is 21.2 Å². The number of β-lactam (4-membered cyclic amide) rings is 1. The summed E-state index contributed by atoms with van der Waals surface area (Å²) in [5, 5.41) is 22.2. The molecule has 1 aliphatic heterocycles. The van der Waals surface area contributed by atoms with Gasteiger partial charge in [0.25, 0.3) is 5.91 Å². The van der Waals surface area contributed by atoms with Crippen LogP contribution in [0.4, 0.5) is 0 Å². The van der Waals surface area contributed by atoms with Crippen molar-refractivity contribution < 1.29 is 29.4 Å². The molecule has 11 heteroatoms. The second-order valence-electron chi connectivity index (χ2n) is 4.87. The number of thiophene rings is 1. The molecule has 2 amide bonds. The number of amides is 2. The molecular formula is C14H13BrN2O6S2. The Balaban J connectivity index is 2.15. The maximum Gasteiger partial charge on any atom is 0.356 e. The smallest absolute Gasteiger partial charge is 0.356 e. The van der Waals surface area contributed by atoms with E-state index < -0.39 is 40.7 Å². The van der Waals surface area contributed by atoms with Crippen molar-refractivity contribution >= 4 is 62.4 Å². The molecule has 1 saturated heterocycles. The van der Waals surface area contributed by atoms with Crippen molar-refractivity contribution in [3.8, 4) is 0 Å². The Morgan fingerprint density at radius 2 is 2.16 bits per heavy atom. The first kappa shape index (κ1) is 19.5. The van der Waals surface area contributed by atoms with Gasteiger partial charge in [0.2, 0.25) is 5.91 Å². The number of carboxylic acid groups (broad SMARTS) is 1. The predicted molar refractivity (Wildman–Crippen MR) is 96.0 cm³/mol. The molecule has 2 rings (SSSR count). The van der Waals surface area contributed by atoms with Crippen LogP contribution in [0.2, 0.25) is 0 Å². The lowest BCUT2D eigenvalue weighted by molar-refractivity contribution is -0.150. The molecule has 25 heavy (non-hydrogen) atoms. The lowest BCUT2D eigenvalue weighted by Gasteiger charge is -2.45. The highest BCUT2D eigenvalue weighted by Gasteiger charge is 2.52. The van der Waals surface area contributed by atoms with Gasteiger partial charge in [-0.3, -0.25) is 19.3 Å². The summed E-state index contributed by atoms with van der Waals surface area (Å²) in [6.07, 6.45) is 0.0776. The zero-order chi connectivity index (χ0) is 18.6. The van der Waals surface area contributed by atoms with E-state index in [1.54, 1.807) is 12.1 Å². The normalized spacial score (nSPS) is 20.5. The second-order valence-corrected chi connectivity index (χ2v) is 7.41. The lowest BCUT2D eigenvalue weighted by Crippen LogP contribution is -2.69. The summed E-state index contributed by atoms with van der Waals surface area (Å²) >= 11 is 4.96. The SMILES string of the molecule is O=CSC1C(NC(=O)Cc2cccs2)C(=O)N1C(C(=O)O)=C(O)CBr. The molecule has 134 valence electrons. The van der Waals surface area contributed by atoms with Gasteiger partial charge in [-0.05, 0) is 11.4 Å². The maximum absolute atomic E-state index is 12.3. The average molecular weight is 449 g/mol. The zero-order valence-corrected chi connectivity index (χ0v) is 15.8. The van der Waals surface area contributed by atoms with Gasteiger partial charge < -0.3 is 15.5 Å². The van der Waals surface area contributed by atoms with Crippen LogP contribution in [0, 0.1) is 0 Å². The van der Waals surface area contributed by atoms with Gasteiger partial charge in [0, 0.05) is 4.88 Å². The molecule has 2 atom stereocenters. The summed E-state index contributed by atoms with van der Waals surface area (Å²) < 4.78 is 0. The van der Waals surface area contributed by atoms with Crippen LogP contribution in [0.15, 0.2) is 29.0 Å². The summed E-state index contributed by atoms with van der Waals surface area (Å²) in [5.74, 6) is -3.18. The van der Waals surface area contributed by atoms with Crippen molar-refractivity contribution in [1.82, 2.24) is 10.2 Å². The number of hydrogen-bond acceptors (Lipinski definition) is 7. The quantitative estimate of drug-likeness (QED) is 0.179. The summed E-state index contributed by atoms with van der Waals surface area (Å²) in [7, 11) is 0. The highest BCUT2D eigenvalue weighted by molar-refractivity contribution is 9.09. The van der Waals surface area contributed by atoms with Crippen LogP contribution in [-0.2, 0) is 25.6 Å². The number of carboxylic acids is 1. The van der Waals surface area contributed by atoms with E-state index in [-0.39, 0.29) is 11.8 Å². The Morgan fingerprint density at radius 1 is 1.44 bits per heavy atom. The van der Waals surface area contributed by atoms with Gasteiger partial charge in [-0.25, -0.2) is 4.79 Å². The Labute approximate surface area is 159 Å². The summed E-state index contributed by atoms with van der Waals surface area (Å²) in [5.41, 5.74) is -0.169. The third-order valence-electron chi connectivity index (χ3n) is 3.31. The molecule has 1 aromatic rings. The predicted octanol–water partition coefficient (Wildman–Crippen LogP) is 1.12. The monoisotopic (exact) mass is 448 g/mol. The van der Waals surface area contributed by atoms with Gasteiger partial charge in [0.05, 0.1) is 11.8 Å². The van der Waals surface area contributed by atoms with E-state index in [4.69, 9.17) is 0 Å². The highest BCUT2D eigenvalue weighted by Crippen LogP contribution is 2.34. The van der Waals surface area contributed by atoms with Gasteiger partial charge in [-0.1, -0.05) is 33.8 Å². The van der Waals surface area contributed by atoms with Crippen molar-refractivity contribution in [2.45, 2.75) is 17.8 Å². The first-order valence-corrected chi connectivity index (χ1v) is 9.80. The van der Waals surface area contributed by atoms with E-state index >= 15 is 0 Å². The number of rotatable bonds is 8. The molecule has 0 spiro atoms. The summed E-state index contributed by atoms with van der Waals surface area (Å²) in [6.45, 7) is 0. The number of thioether (sulfide) groups is 1. The topological polar surface area (TPSA) is 124 Å². The van der Waals surface area contributed by atoms with Crippen molar-refractivity contribution in [3.05, 3.63) is 33.8 Å². The molecule has 2 heterocycles. The minimum atomic E-state index is -1.51. The van der Waals surface area contributed by atoms with Crippen LogP contribution < -0.4 is 5.32 Å². The lowest BCUT2D eigenvalue weighted by atomic mass is 10.0.